The third kappa shape index (κ3) is 4.37. The lowest BCUT2D eigenvalue weighted by Gasteiger charge is -2.37. The zero-order valence-electron chi connectivity index (χ0n) is 13.7. The summed E-state index contributed by atoms with van der Waals surface area (Å²) in [7, 11) is 1.70. The fourth-order valence-electron chi connectivity index (χ4n) is 3.31. The van der Waals surface area contributed by atoms with Crippen LogP contribution in [0.5, 0.6) is 5.75 Å². The molecule has 1 aliphatic rings. The van der Waals surface area contributed by atoms with Gasteiger partial charge in [-0.3, -0.25) is 0 Å². The molecule has 118 valence electrons. The van der Waals surface area contributed by atoms with E-state index >= 15 is 0 Å². The lowest BCUT2D eigenvalue weighted by Crippen LogP contribution is -2.36. The second-order valence-electron chi connectivity index (χ2n) is 7.22. The Morgan fingerprint density at radius 1 is 1.19 bits per heavy atom. The van der Waals surface area contributed by atoms with E-state index in [0.29, 0.717) is 11.5 Å². The highest BCUT2D eigenvalue weighted by Crippen LogP contribution is 2.38. The number of methoxy groups -OCH3 is 1. The van der Waals surface area contributed by atoms with Crippen molar-refractivity contribution in [2.45, 2.75) is 59.0 Å². The fourth-order valence-corrected chi connectivity index (χ4v) is 3.54. The van der Waals surface area contributed by atoms with E-state index < -0.39 is 0 Å². The second kappa shape index (κ2) is 7.02. The molecular weight excluding hydrogens is 282 g/mol. The van der Waals surface area contributed by atoms with Gasteiger partial charge in [0.15, 0.2) is 0 Å². The largest absolute Gasteiger partial charge is 0.496 e. The molecular formula is C18H28ClNO. The van der Waals surface area contributed by atoms with Gasteiger partial charge in [-0.05, 0) is 49.1 Å². The first-order valence-electron chi connectivity index (χ1n) is 7.96. The van der Waals surface area contributed by atoms with Crippen molar-refractivity contribution in [3.8, 4) is 5.75 Å². The van der Waals surface area contributed by atoms with Gasteiger partial charge in [-0.25, -0.2) is 0 Å². The van der Waals surface area contributed by atoms with Crippen LogP contribution in [-0.2, 0) is 6.54 Å². The van der Waals surface area contributed by atoms with Crippen molar-refractivity contribution in [2.75, 3.05) is 7.11 Å². The zero-order valence-corrected chi connectivity index (χ0v) is 14.5. The van der Waals surface area contributed by atoms with Crippen LogP contribution in [-0.4, -0.2) is 13.2 Å². The van der Waals surface area contributed by atoms with Gasteiger partial charge in [0, 0.05) is 23.2 Å². The summed E-state index contributed by atoms with van der Waals surface area (Å²) in [5.74, 6) is 1.73. The first kappa shape index (κ1) is 16.6. The Morgan fingerprint density at radius 3 is 2.43 bits per heavy atom. The summed E-state index contributed by atoms with van der Waals surface area (Å²) in [6, 6.07) is 6.43. The van der Waals surface area contributed by atoms with Crippen molar-refractivity contribution in [1.29, 1.82) is 0 Å². The zero-order chi connectivity index (χ0) is 15.5. The molecule has 1 fully saturated rings. The molecule has 0 spiro atoms. The van der Waals surface area contributed by atoms with Crippen LogP contribution in [0.2, 0.25) is 5.02 Å². The minimum Gasteiger partial charge on any atom is -0.496 e. The second-order valence-corrected chi connectivity index (χ2v) is 7.62. The number of rotatable bonds is 4. The molecule has 0 atom stereocenters. The highest BCUT2D eigenvalue weighted by atomic mass is 35.5. The molecule has 0 saturated heterocycles. The lowest BCUT2D eigenvalue weighted by atomic mass is 9.71. The molecule has 1 aliphatic carbocycles. The van der Waals surface area contributed by atoms with E-state index in [1.807, 2.05) is 18.2 Å². The number of ether oxygens (including phenoxy) is 1. The standard InChI is InChI=1S/C18H28ClNO/c1-18(2,3)13-8-10-14(11-9-13)20-12-15-16(19)6-5-7-17(15)21-4/h5-7,13-14,20H,8-12H2,1-4H3. The van der Waals surface area contributed by atoms with Crippen LogP contribution in [0.3, 0.4) is 0 Å². The predicted octanol–water partition coefficient (Wildman–Crippen LogP) is 5.04. The molecule has 21 heavy (non-hydrogen) atoms. The van der Waals surface area contributed by atoms with Crippen LogP contribution in [0.4, 0.5) is 0 Å². The van der Waals surface area contributed by atoms with Crippen LogP contribution >= 0.6 is 11.6 Å². The summed E-state index contributed by atoms with van der Waals surface area (Å²) in [6.45, 7) is 7.87. The smallest absolute Gasteiger partial charge is 0.124 e. The molecule has 1 N–H and O–H groups in total. The molecule has 0 radical (unpaired) electrons. The summed E-state index contributed by atoms with van der Waals surface area (Å²) in [4.78, 5) is 0. The molecule has 2 nitrogen and oxygen atoms in total. The van der Waals surface area contributed by atoms with E-state index in [4.69, 9.17) is 16.3 Å². The van der Waals surface area contributed by atoms with Crippen molar-refractivity contribution in [3.05, 3.63) is 28.8 Å². The number of hydrogen-bond donors (Lipinski definition) is 1. The molecule has 3 heteroatoms. The molecule has 0 aromatic heterocycles. The van der Waals surface area contributed by atoms with Crippen LogP contribution < -0.4 is 10.1 Å². The van der Waals surface area contributed by atoms with Gasteiger partial charge in [0.1, 0.15) is 5.75 Å². The van der Waals surface area contributed by atoms with Gasteiger partial charge >= 0.3 is 0 Å². The van der Waals surface area contributed by atoms with Gasteiger partial charge in [-0.2, -0.15) is 0 Å². The molecule has 0 aliphatic heterocycles. The topological polar surface area (TPSA) is 21.3 Å². The normalized spacial score (nSPS) is 23.1. The average molecular weight is 310 g/mol. The summed E-state index contributed by atoms with van der Waals surface area (Å²) in [5, 5.41) is 4.44. The summed E-state index contributed by atoms with van der Waals surface area (Å²) in [6.07, 6.45) is 5.16. The fraction of sp³-hybridized carbons (Fsp3) is 0.667. The molecule has 2 rings (SSSR count). The highest BCUT2D eigenvalue weighted by Gasteiger charge is 2.29. The van der Waals surface area contributed by atoms with Gasteiger partial charge in [-0.1, -0.05) is 38.4 Å². The highest BCUT2D eigenvalue weighted by molar-refractivity contribution is 6.31. The predicted molar refractivity (Wildman–Crippen MR) is 90.0 cm³/mol. The Balaban J connectivity index is 1.88. The molecule has 0 unspecified atom stereocenters. The maximum atomic E-state index is 6.29. The molecule has 1 aromatic rings. The Hall–Kier alpha value is -0.730. The van der Waals surface area contributed by atoms with E-state index in [9.17, 15) is 0 Å². The lowest BCUT2D eigenvalue weighted by molar-refractivity contribution is 0.160. The minimum absolute atomic E-state index is 0.441. The number of nitrogens with one attached hydrogen (secondary N) is 1. The number of halogens is 1. The van der Waals surface area contributed by atoms with E-state index in [1.54, 1.807) is 7.11 Å². The van der Waals surface area contributed by atoms with Crippen LogP contribution in [0.15, 0.2) is 18.2 Å². The van der Waals surface area contributed by atoms with Crippen LogP contribution in [0.25, 0.3) is 0 Å². The van der Waals surface area contributed by atoms with Gasteiger partial charge in [0.25, 0.3) is 0 Å². The molecule has 0 bridgehead atoms. The van der Waals surface area contributed by atoms with Crippen molar-refractivity contribution < 1.29 is 4.74 Å². The Labute approximate surface area is 134 Å². The van der Waals surface area contributed by atoms with E-state index in [-0.39, 0.29) is 0 Å². The van der Waals surface area contributed by atoms with Crippen molar-refractivity contribution in [2.24, 2.45) is 11.3 Å². The van der Waals surface area contributed by atoms with Crippen LogP contribution in [0, 0.1) is 11.3 Å². The maximum absolute atomic E-state index is 6.29. The van der Waals surface area contributed by atoms with Crippen molar-refractivity contribution in [3.63, 3.8) is 0 Å². The first-order valence-corrected chi connectivity index (χ1v) is 8.34. The molecule has 0 heterocycles. The van der Waals surface area contributed by atoms with Gasteiger partial charge in [-0.15, -0.1) is 0 Å². The van der Waals surface area contributed by atoms with Crippen LogP contribution in [0.1, 0.15) is 52.0 Å². The summed E-state index contributed by atoms with van der Waals surface area (Å²) in [5.41, 5.74) is 1.51. The molecule has 1 saturated carbocycles. The Morgan fingerprint density at radius 2 is 1.86 bits per heavy atom. The third-order valence-electron chi connectivity index (χ3n) is 4.82. The average Bonchev–Trinajstić information content (AvgIpc) is 2.45. The monoisotopic (exact) mass is 309 g/mol. The van der Waals surface area contributed by atoms with E-state index in [1.165, 1.54) is 25.7 Å². The Kier molecular flexibility index (Phi) is 5.56. The van der Waals surface area contributed by atoms with E-state index in [0.717, 1.165) is 28.8 Å². The number of benzene rings is 1. The van der Waals surface area contributed by atoms with Gasteiger partial charge < -0.3 is 10.1 Å². The summed E-state index contributed by atoms with van der Waals surface area (Å²) >= 11 is 6.29. The Bertz CT molecular complexity index is 459. The van der Waals surface area contributed by atoms with E-state index in [2.05, 4.69) is 26.1 Å². The third-order valence-corrected chi connectivity index (χ3v) is 5.17. The summed E-state index contributed by atoms with van der Waals surface area (Å²) < 4.78 is 5.40. The van der Waals surface area contributed by atoms with Gasteiger partial charge in [0.05, 0.1) is 7.11 Å². The van der Waals surface area contributed by atoms with Crippen molar-refractivity contribution >= 4 is 11.6 Å². The number of hydrogen-bond acceptors (Lipinski definition) is 2. The van der Waals surface area contributed by atoms with Crippen molar-refractivity contribution in [1.82, 2.24) is 5.32 Å². The van der Waals surface area contributed by atoms with Gasteiger partial charge in [0.2, 0.25) is 0 Å². The first-order chi connectivity index (χ1) is 9.91. The minimum atomic E-state index is 0.441. The maximum Gasteiger partial charge on any atom is 0.124 e. The quantitative estimate of drug-likeness (QED) is 0.841. The molecule has 0 amide bonds. The molecule has 1 aromatic carbocycles. The SMILES string of the molecule is COc1cccc(Cl)c1CNC1CCC(C(C)(C)C)CC1.